The van der Waals surface area contributed by atoms with Crippen molar-refractivity contribution in [3.63, 3.8) is 0 Å². The molecular weight excluding hydrogens is 412 g/mol. The minimum absolute atomic E-state index is 0.133. The second kappa shape index (κ2) is 9.36. The lowest BCUT2D eigenvalue weighted by Crippen LogP contribution is -2.14. The first kappa shape index (κ1) is 20.5. The summed E-state index contributed by atoms with van der Waals surface area (Å²) in [6.45, 7) is 0. The third-order valence-corrected chi connectivity index (χ3v) is 5.41. The van der Waals surface area contributed by atoms with Crippen molar-refractivity contribution in [1.29, 1.82) is 0 Å². The van der Waals surface area contributed by atoms with Gasteiger partial charge in [-0.15, -0.1) is 10.2 Å². The highest BCUT2D eigenvalue weighted by atomic mass is 32.2. The van der Waals surface area contributed by atoms with E-state index in [0.29, 0.717) is 11.0 Å². The quantitative estimate of drug-likeness (QED) is 0.421. The summed E-state index contributed by atoms with van der Waals surface area (Å²) in [4.78, 5) is 12.4. The number of para-hydroxylation sites is 1. The second-order valence-electron chi connectivity index (χ2n) is 6.59. The number of thioether (sulfide) groups is 1. The molecule has 0 spiro atoms. The van der Waals surface area contributed by atoms with Crippen LogP contribution in [-0.4, -0.2) is 38.6 Å². The monoisotopic (exact) mass is 432 g/mol. The SMILES string of the molecule is COc1ccc(-n2c(SCC(=O)Nc3ccccc3)nnc2-c2ccc(O)cc2)cc1. The lowest BCUT2D eigenvalue weighted by Gasteiger charge is -2.11. The first-order valence-electron chi connectivity index (χ1n) is 9.51. The molecule has 1 aromatic heterocycles. The topological polar surface area (TPSA) is 89.3 Å². The lowest BCUT2D eigenvalue weighted by molar-refractivity contribution is -0.113. The van der Waals surface area contributed by atoms with Crippen molar-refractivity contribution in [3.8, 4) is 28.6 Å². The Morgan fingerprint density at radius 1 is 1.00 bits per heavy atom. The van der Waals surface area contributed by atoms with E-state index in [9.17, 15) is 9.90 Å². The number of benzene rings is 3. The number of carbonyl (C=O) groups excluding carboxylic acids is 1. The number of nitrogens with zero attached hydrogens (tertiary/aromatic N) is 3. The van der Waals surface area contributed by atoms with Crippen LogP contribution < -0.4 is 10.1 Å². The average molecular weight is 433 g/mol. The van der Waals surface area contributed by atoms with Gasteiger partial charge in [-0.2, -0.15) is 0 Å². The highest BCUT2D eigenvalue weighted by Crippen LogP contribution is 2.29. The molecule has 1 heterocycles. The molecule has 4 aromatic rings. The van der Waals surface area contributed by atoms with Gasteiger partial charge < -0.3 is 15.2 Å². The molecule has 0 radical (unpaired) electrons. The summed E-state index contributed by atoms with van der Waals surface area (Å²) in [6, 6.07) is 23.6. The summed E-state index contributed by atoms with van der Waals surface area (Å²) in [7, 11) is 1.61. The van der Waals surface area contributed by atoms with E-state index in [0.717, 1.165) is 22.7 Å². The number of anilines is 1. The summed E-state index contributed by atoms with van der Waals surface area (Å²) in [6.07, 6.45) is 0. The van der Waals surface area contributed by atoms with Crippen molar-refractivity contribution in [1.82, 2.24) is 14.8 Å². The number of methoxy groups -OCH3 is 1. The van der Waals surface area contributed by atoms with Crippen molar-refractivity contribution in [2.75, 3.05) is 18.2 Å². The molecule has 0 saturated carbocycles. The van der Waals surface area contributed by atoms with Gasteiger partial charge in [0.1, 0.15) is 11.5 Å². The molecule has 7 nitrogen and oxygen atoms in total. The Balaban J connectivity index is 1.62. The summed E-state index contributed by atoms with van der Waals surface area (Å²) < 4.78 is 7.14. The third kappa shape index (κ3) is 4.87. The van der Waals surface area contributed by atoms with Crippen molar-refractivity contribution in [3.05, 3.63) is 78.9 Å². The molecule has 8 heteroatoms. The van der Waals surface area contributed by atoms with Crippen LogP contribution in [0.4, 0.5) is 5.69 Å². The zero-order valence-electron chi connectivity index (χ0n) is 16.7. The van der Waals surface area contributed by atoms with Gasteiger partial charge in [-0.05, 0) is 60.7 Å². The van der Waals surface area contributed by atoms with Crippen LogP contribution in [0.5, 0.6) is 11.5 Å². The molecule has 0 fully saturated rings. The van der Waals surface area contributed by atoms with E-state index >= 15 is 0 Å². The first-order chi connectivity index (χ1) is 15.1. The molecule has 0 unspecified atom stereocenters. The maximum Gasteiger partial charge on any atom is 0.234 e. The van der Waals surface area contributed by atoms with E-state index in [2.05, 4.69) is 15.5 Å². The van der Waals surface area contributed by atoms with E-state index < -0.39 is 0 Å². The summed E-state index contributed by atoms with van der Waals surface area (Å²) in [5.41, 5.74) is 2.37. The fraction of sp³-hybridized carbons (Fsp3) is 0.0870. The first-order valence-corrected chi connectivity index (χ1v) is 10.5. The Morgan fingerprint density at radius 3 is 2.39 bits per heavy atom. The van der Waals surface area contributed by atoms with E-state index in [1.54, 1.807) is 31.4 Å². The molecule has 31 heavy (non-hydrogen) atoms. The number of aromatic nitrogens is 3. The average Bonchev–Trinajstić information content (AvgIpc) is 3.23. The number of aromatic hydroxyl groups is 1. The van der Waals surface area contributed by atoms with Crippen LogP contribution in [0.3, 0.4) is 0 Å². The maximum atomic E-state index is 12.4. The number of nitrogens with one attached hydrogen (secondary N) is 1. The predicted octanol–water partition coefficient (Wildman–Crippen LogP) is 4.38. The summed E-state index contributed by atoms with van der Waals surface area (Å²) >= 11 is 1.29. The highest BCUT2D eigenvalue weighted by molar-refractivity contribution is 7.99. The van der Waals surface area contributed by atoms with Gasteiger partial charge in [-0.3, -0.25) is 9.36 Å². The lowest BCUT2D eigenvalue weighted by atomic mass is 10.2. The van der Waals surface area contributed by atoms with Crippen molar-refractivity contribution >= 4 is 23.4 Å². The van der Waals surface area contributed by atoms with Crippen molar-refractivity contribution in [2.45, 2.75) is 5.16 Å². The fourth-order valence-corrected chi connectivity index (χ4v) is 3.73. The highest BCUT2D eigenvalue weighted by Gasteiger charge is 2.17. The largest absolute Gasteiger partial charge is 0.508 e. The van der Waals surface area contributed by atoms with E-state index in [-0.39, 0.29) is 17.4 Å². The molecule has 0 saturated heterocycles. The molecule has 0 atom stereocenters. The van der Waals surface area contributed by atoms with E-state index in [1.165, 1.54) is 11.8 Å². The Kier molecular flexibility index (Phi) is 6.18. The van der Waals surface area contributed by atoms with Crippen LogP contribution in [0.1, 0.15) is 0 Å². The summed E-state index contributed by atoms with van der Waals surface area (Å²) in [5.74, 6) is 1.56. The number of carbonyl (C=O) groups is 1. The zero-order chi connectivity index (χ0) is 21.6. The van der Waals surface area contributed by atoms with Crippen molar-refractivity contribution < 1.29 is 14.6 Å². The van der Waals surface area contributed by atoms with Gasteiger partial charge in [0.05, 0.1) is 12.9 Å². The van der Waals surface area contributed by atoms with Crippen LogP contribution in [0.2, 0.25) is 0 Å². The van der Waals surface area contributed by atoms with Crippen LogP contribution in [0.15, 0.2) is 84.0 Å². The predicted molar refractivity (Wildman–Crippen MR) is 121 cm³/mol. The number of ether oxygens (including phenoxy) is 1. The Labute approximate surface area is 183 Å². The van der Waals surface area contributed by atoms with Gasteiger partial charge in [-0.1, -0.05) is 30.0 Å². The standard InChI is InChI=1S/C23H20N4O3S/c1-30-20-13-9-18(10-14-20)27-22(16-7-11-19(28)12-8-16)25-26-23(27)31-15-21(29)24-17-5-3-2-4-6-17/h2-14,28H,15H2,1H3,(H,24,29). The molecular formula is C23H20N4O3S. The van der Waals surface area contributed by atoms with Crippen LogP contribution in [0.25, 0.3) is 17.1 Å². The Bertz CT molecular complexity index is 1160. The number of amides is 1. The molecule has 0 bridgehead atoms. The molecule has 156 valence electrons. The number of hydrogen-bond acceptors (Lipinski definition) is 6. The molecule has 0 aliphatic rings. The van der Waals surface area contributed by atoms with Crippen molar-refractivity contribution in [2.24, 2.45) is 0 Å². The molecule has 2 N–H and O–H groups in total. The second-order valence-corrected chi connectivity index (χ2v) is 7.53. The van der Waals surface area contributed by atoms with Gasteiger partial charge in [0.15, 0.2) is 11.0 Å². The minimum atomic E-state index is -0.133. The zero-order valence-corrected chi connectivity index (χ0v) is 17.5. The van der Waals surface area contributed by atoms with Gasteiger partial charge in [-0.25, -0.2) is 0 Å². The third-order valence-electron chi connectivity index (χ3n) is 4.48. The number of rotatable bonds is 7. The van der Waals surface area contributed by atoms with E-state index in [1.807, 2.05) is 59.2 Å². The van der Waals surface area contributed by atoms with Gasteiger partial charge in [0.2, 0.25) is 5.91 Å². The molecule has 4 rings (SSSR count). The smallest absolute Gasteiger partial charge is 0.234 e. The Morgan fingerprint density at radius 2 is 1.71 bits per heavy atom. The summed E-state index contributed by atoms with van der Waals surface area (Å²) in [5, 5.41) is 21.7. The molecule has 3 aromatic carbocycles. The Hall–Kier alpha value is -3.78. The fourth-order valence-electron chi connectivity index (χ4n) is 2.97. The normalized spacial score (nSPS) is 10.6. The molecule has 1 amide bonds. The number of phenolic OH excluding ortho intramolecular Hbond substituents is 1. The van der Waals surface area contributed by atoms with Crippen LogP contribution in [-0.2, 0) is 4.79 Å². The molecule has 0 aliphatic heterocycles. The number of hydrogen-bond donors (Lipinski definition) is 2. The van der Waals surface area contributed by atoms with Crippen LogP contribution >= 0.6 is 11.8 Å². The number of phenols is 1. The van der Waals surface area contributed by atoms with Gasteiger partial charge >= 0.3 is 0 Å². The molecule has 0 aliphatic carbocycles. The maximum absolute atomic E-state index is 12.4. The minimum Gasteiger partial charge on any atom is -0.508 e. The van der Waals surface area contributed by atoms with Gasteiger partial charge in [0.25, 0.3) is 0 Å². The van der Waals surface area contributed by atoms with Crippen LogP contribution in [0, 0.1) is 0 Å². The van der Waals surface area contributed by atoms with Gasteiger partial charge in [0, 0.05) is 16.9 Å². The van der Waals surface area contributed by atoms with E-state index in [4.69, 9.17) is 4.74 Å².